The minimum Gasteiger partial charge on any atom is -0.422 e. The topological polar surface area (TPSA) is 63.7 Å². The van der Waals surface area contributed by atoms with Gasteiger partial charge in [-0.05, 0) is 35.7 Å². The van der Waals surface area contributed by atoms with E-state index in [4.69, 9.17) is 4.74 Å². The van der Waals surface area contributed by atoms with Crippen LogP contribution in [-0.4, -0.2) is 17.8 Å². The highest BCUT2D eigenvalue weighted by molar-refractivity contribution is 7.12. The lowest BCUT2D eigenvalue weighted by atomic mass is 10.1. The monoisotopic (exact) mass is 349 g/mol. The molecule has 0 atom stereocenters. The summed E-state index contributed by atoms with van der Waals surface area (Å²) in [5.41, 5.74) is 1.10. The molecule has 0 saturated heterocycles. The van der Waals surface area contributed by atoms with Gasteiger partial charge in [0.1, 0.15) is 10.6 Å². The van der Waals surface area contributed by atoms with E-state index in [-0.39, 0.29) is 17.6 Å². The minimum absolute atomic E-state index is 0.271. The highest BCUT2D eigenvalue weighted by Gasteiger charge is 2.36. The third kappa shape index (κ3) is 2.62. The number of thiophene rings is 1. The summed E-state index contributed by atoms with van der Waals surface area (Å²) in [7, 11) is 0. The first-order valence-corrected chi connectivity index (χ1v) is 8.36. The highest BCUT2D eigenvalue weighted by atomic mass is 32.1. The van der Waals surface area contributed by atoms with Crippen LogP contribution in [-0.2, 0) is 0 Å². The van der Waals surface area contributed by atoms with Crippen molar-refractivity contribution in [1.29, 1.82) is 0 Å². The van der Waals surface area contributed by atoms with Crippen molar-refractivity contribution in [3.63, 3.8) is 0 Å². The van der Waals surface area contributed by atoms with E-state index in [0.717, 1.165) is 4.90 Å². The van der Waals surface area contributed by atoms with Crippen LogP contribution >= 0.6 is 11.3 Å². The average Bonchev–Trinajstić information content (AvgIpc) is 3.24. The Labute approximate surface area is 147 Å². The smallest absolute Gasteiger partial charge is 0.353 e. The van der Waals surface area contributed by atoms with Crippen LogP contribution in [0.5, 0.6) is 5.75 Å². The number of imide groups is 1. The average molecular weight is 349 g/mol. The molecule has 6 heteroatoms. The molecule has 2 heterocycles. The molecule has 1 aliphatic rings. The molecule has 1 aliphatic heterocycles. The number of hydrogen-bond donors (Lipinski definition) is 0. The van der Waals surface area contributed by atoms with Crippen molar-refractivity contribution in [2.75, 3.05) is 4.90 Å². The number of carbonyl (C=O) groups is 3. The summed E-state index contributed by atoms with van der Waals surface area (Å²) in [4.78, 5) is 38.7. The molecular weight excluding hydrogens is 338 g/mol. The Morgan fingerprint density at radius 2 is 1.60 bits per heavy atom. The Hall–Kier alpha value is -3.25. The predicted octanol–water partition coefficient (Wildman–Crippen LogP) is 3.77. The fourth-order valence-electron chi connectivity index (χ4n) is 2.66. The number of fused-ring (bicyclic) bond motifs is 1. The normalized spacial score (nSPS) is 13.0. The number of amides is 2. The second-order valence-electron chi connectivity index (χ2n) is 5.36. The second kappa shape index (κ2) is 5.99. The molecule has 0 radical (unpaired) electrons. The van der Waals surface area contributed by atoms with E-state index in [2.05, 4.69) is 0 Å². The molecule has 1 aromatic heterocycles. The zero-order valence-electron chi connectivity index (χ0n) is 12.8. The number of benzene rings is 2. The number of ether oxygens (including phenoxy) is 1. The van der Waals surface area contributed by atoms with Crippen molar-refractivity contribution in [3.8, 4) is 5.75 Å². The lowest BCUT2D eigenvalue weighted by Crippen LogP contribution is -2.29. The fraction of sp³-hybridized carbons (Fsp3) is 0. The van der Waals surface area contributed by atoms with Crippen molar-refractivity contribution in [3.05, 3.63) is 82.0 Å². The zero-order valence-corrected chi connectivity index (χ0v) is 13.7. The van der Waals surface area contributed by atoms with Crippen molar-refractivity contribution in [2.45, 2.75) is 0 Å². The summed E-state index contributed by atoms with van der Waals surface area (Å²) < 4.78 is 5.33. The van der Waals surface area contributed by atoms with Gasteiger partial charge in [-0.25, -0.2) is 9.69 Å². The molecule has 0 spiro atoms. The first kappa shape index (κ1) is 15.3. The van der Waals surface area contributed by atoms with Gasteiger partial charge >= 0.3 is 5.97 Å². The van der Waals surface area contributed by atoms with E-state index in [1.54, 1.807) is 60.0 Å². The van der Waals surface area contributed by atoms with Crippen LogP contribution in [0.3, 0.4) is 0 Å². The van der Waals surface area contributed by atoms with Crippen LogP contribution in [0, 0.1) is 0 Å². The van der Waals surface area contributed by atoms with Gasteiger partial charge in [0.15, 0.2) is 0 Å². The molecule has 122 valence electrons. The predicted molar refractivity (Wildman–Crippen MR) is 93.3 cm³/mol. The Bertz CT molecular complexity index is 959. The van der Waals surface area contributed by atoms with Gasteiger partial charge in [-0.2, -0.15) is 0 Å². The molecule has 0 fully saturated rings. The number of anilines is 1. The van der Waals surface area contributed by atoms with Gasteiger partial charge in [-0.15, -0.1) is 11.3 Å². The Kier molecular flexibility index (Phi) is 3.66. The van der Waals surface area contributed by atoms with Gasteiger partial charge in [-0.1, -0.05) is 24.3 Å². The van der Waals surface area contributed by atoms with Crippen LogP contribution in [0.1, 0.15) is 30.4 Å². The van der Waals surface area contributed by atoms with Crippen LogP contribution in [0.4, 0.5) is 5.69 Å². The molecule has 2 aromatic carbocycles. The van der Waals surface area contributed by atoms with Crippen LogP contribution in [0.25, 0.3) is 0 Å². The maximum absolute atomic E-state index is 12.5. The molecule has 2 amide bonds. The standard InChI is InChI=1S/C19H11NO4S/c21-17-14-7-1-2-8-15(14)18(22)20(17)12-5-3-6-13(11-12)24-19(23)16-9-4-10-25-16/h1-11H. The van der Waals surface area contributed by atoms with Gasteiger partial charge in [0, 0.05) is 6.07 Å². The van der Waals surface area contributed by atoms with Gasteiger partial charge in [0.25, 0.3) is 11.8 Å². The maximum atomic E-state index is 12.5. The van der Waals surface area contributed by atoms with Crippen LogP contribution in [0.2, 0.25) is 0 Å². The molecule has 4 rings (SSSR count). The van der Waals surface area contributed by atoms with Crippen molar-refractivity contribution in [2.24, 2.45) is 0 Å². The number of hydrogen-bond acceptors (Lipinski definition) is 5. The third-order valence-electron chi connectivity index (χ3n) is 3.80. The van der Waals surface area contributed by atoms with E-state index in [9.17, 15) is 14.4 Å². The van der Waals surface area contributed by atoms with Crippen LogP contribution < -0.4 is 9.64 Å². The molecule has 0 saturated carbocycles. The number of carbonyl (C=O) groups excluding carboxylic acids is 3. The van der Waals surface area contributed by atoms with Gasteiger partial charge in [0.2, 0.25) is 0 Å². The van der Waals surface area contributed by atoms with Crippen molar-refractivity contribution < 1.29 is 19.1 Å². The molecule has 5 nitrogen and oxygen atoms in total. The van der Waals surface area contributed by atoms with Gasteiger partial charge < -0.3 is 4.74 Å². The first-order chi connectivity index (χ1) is 12.1. The maximum Gasteiger partial charge on any atom is 0.353 e. The zero-order chi connectivity index (χ0) is 17.4. The molecule has 3 aromatic rings. The van der Waals surface area contributed by atoms with E-state index in [1.807, 2.05) is 0 Å². The van der Waals surface area contributed by atoms with E-state index >= 15 is 0 Å². The lowest BCUT2D eigenvalue weighted by Gasteiger charge is -2.14. The van der Waals surface area contributed by atoms with E-state index in [0.29, 0.717) is 21.7 Å². The van der Waals surface area contributed by atoms with Gasteiger partial charge in [-0.3, -0.25) is 9.59 Å². The largest absolute Gasteiger partial charge is 0.422 e. The number of rotatable bonds is 3. The molecule has 0 bridgehead atoms. The molecule has 25 heavy (non-hydrogen) atoms. The van der Waals surface area contributed by atoms with Crippen LogP contribution in [0.15, 0.2) is 66.0 Å². The Morgan fingerprint density at radius 1 is 0.880 bits per heavy atom. The fourth-order valence-corrected chi connectivity index (χ4v) is 3.26. The summed E-state index contributed by atoms with van der Waals surface area (Å²) in [6.07, 6.45) is 0. The van der Waals surface area contributed by atoms with Crippen molar-refractivity contribution >= 4 is 34.8 Å². The molecule has 0 unspecified atom stereocenters. The first-order valence-electron chi connectivity index (χ1n) is 7.49. The second-order valence-corrected chi connectivity index (χ2v) is 6.30. The van der Waals surface area contributed by atoms with E-state index in [1.165, 1.54) is 17.4 Å². The summed E-state index contributed by atoms with van der Waals surface area (Å²) >= 11 is 1.28. The quantitative estimate of drug-likeness (QED) is 0.410. The SMILES string of the molecule is O=C(Oc1cccc(N2C(=O)c3ccccc3C2=O)c1)c1cccs1. The van der Waals surface area contributed by atoms with Crippen molar-refractivity contribution in [1.82, 2.24) is 0 Å². The minimum atomic E-state index is -0.477. The molecule has 0 aliphatic carbocycles. The Balaban J connectivity index is 1.63. The summed E-state index contributed by atoms with van der Waals surface area (Å²) in [5.74, 6) is -0.980. The van der Waals surface area contributed by atoms with Gasteiger partial charge in [0.05, 0.1) is 16.8 Å². The number of nitrogens with zero attached hydrogens (tertiary/aromatic N) is 1. The third-order valence-corrected chi connectivity index (χ3v) is 4.65. The number of esters is 1. The summed E-state index contributed by atoms with van der Waals surface area (Å²) in [6.45, 7) is 0. The summed E-state index contributed by atoms with van der Waals surface area (Å²) in [5, 5.41) is 1.78. The van der Waals surface area contributed by atoms with E-state index < -0.39 is 5.97 Å². The highest BCUT2D eigenvalue weighted by Crippen LogP contribution is 2.30. The lowest BCUT2D eigenvalue weighted by molar-refractivity contribution is 0.0739. The Morgan fingerprint density at radius 3 is 2.24 bits per heavy atom. The summed E-state index contributed by atoms with van der Waals surface area (Å²) in [6, 6.07) is 16.5. The molecule has 0 N–H and O–H groups in total. The molecular formula is C19H11NO4S.